The molecule has 1 saturated heterocycles. The van der Waals surface area contributed by atoms with E-state index in [0.29, 0.717) is 0 Å². The molecule has 1 aliphatic rings. The maximum atomic E-state index is 10.9. The number of aliphatic hydroxyl groups excluding tert-OH is 3. The fourth-order valence-electron chi connectivity index (χ4n) is 1.28. The molecule has 1 rings (SSSR count). The smallest absolute Gasteiger partial charge is 0.418 e. The Morgan fingerprint density at radius 1 is 1.18 bits per heavy atom. The van der Waals surface area contributed by atoms with E-state index < -0.39 is 42.8 Å². The van der Waals surface area contributed by atoms with Crippen molar-refractivity contribution >= 4 is 34.9 Å². The lowest BCUT2D eigenvalue weighted by Gasteiger charge is -2.37. The number of hydrogen-bond acceptors (Lipinski definition) is 7. The molecule has 17 heavy (non-hydrogen) atoms. The van der Waals surface area contributed by atoms with E-state index in [-0.39, 0.29) is 0 Å². The van der Waals surface area contributed by atoms with E-state index in [1.54, 1.807) is 0 Å². The molecule has 1 fully saturated rings. The molecule has 5 atom stereocenters. The number of amides is 1. The first-order valence-electron chi connectivity index (χ1n) is 4.38. The van der Waals surface area contributed by atoms with Gasteiger partial charge in [0, 0.05) is 0 Å². The number of nitrogens with one attached hydrogen (secondary N) is 1. The molecule has 0 aromatic rings. The average Bonchev–Trinajstić information content (AvgIpc) is 2.29. The summed E-state index contributed by atoms with van der Waals surface area (Å²) in [5, 5.41) is 36.8. The monoisotopic (exact) mass is 363 g/mol. The number of carboxylic acids is 1. The zero-order chi connectivity index (χ0) is 13.2. The van der Waals surface area contributed by atoms with Gasteiger partial charge in [0.2, 0.25) is 6.29 Å². The van der Waals surface area contributed by atoms with Crippen molar-refractivity contribution in [1.29, 1.82) is 0 Å². The third-order valence-electron chi connectivity index (χ3n) is 2.11. The van der Waals surface area contributed by atoms with Crippen LogP contribution < -0.4 is 3.53 Å². The third-order valence-corrected chi connectivity index (χ3v) is 2.55. The van der Waals surface area contributed by atoms with Gasteiger partial charge in [0.05, 0.1) is 22.9 Å². The van der Waals surface area contributed by atoms with E-state index in [1.807, 2.05) is 3.53 Å². The van der Waals surface area contributed by atoms with Gasteiger partial charge in [-0.3, -0.25) is 3.53 Å². The van der Waals surface area contributed by atoms with Gasteiger partial charge < -0.3 is 29.9 Å². The summed E-state index contributed by atoms with van der Waals surface area (Å²) in [6.07, 6.45) is -9.80. The lowest BCUT2D eigenvalue weighted by Crippen LogP contribution is -2.60. The van der Waals surface area contributed by atoms with Crippen molar-refractivity contribution in [3.05, 3.63) is 0 Å². The van der Waals surface area contributed by atoms with E-state index in [9.17, 15) is 24.9 Å². The van der Waals surface area contributed by atoms with Gasteiger partial charge in [0.1, 0.15) is 18.3 Å². The van der Waals surface area contributed by atoms with Crippen molar-refractivity contribution in [2.24, 2.45) is 0 Å². The van der Waals surface area contributed by atoms with Crippen LogP contribution >= 0.6 is 22.9 Å². The highest BCUT2D eigenvalue weighted by atomic mass is 127. The molecule has 1 amide bonds. The molecule has 0 aliphatic carbocycles. The first kappa shape index (κ1) is 14.4. The predicted octanol–water partition coefficient (Wildman–Crippen LogP) is -2.05. The van der Waals surface area contributed by atoms with E-state index in [0.717, 1.165) is 0 Å². The largest absolute Gasteiger partial charge is 0.479 e. The summed E-state index contributed by atoms with van der Waals surface area (Å²) in [6, 6.07) is 0. The summed E-state index contributed by atoms with van der Waals surface area (Å²) in [5.41, 5.74) is 0. The van der Waals surface area contributed by atoms with Crippen molar-refractivity contribution in [1.82, 2.24) is 3.53 Å². The molecule has 0 radical (unpaired) electrons. The topological polar surface area (TPSA) is 146 Å². The van der Waals surface area contributed by atoms with Crippen molar-refractivity contribution in [3.63, 3.8) is 0 Å². The molecule has 5 N–H and O–H groups in total. The molecule has 98 valence electrons. The normalized spacial score (nSPS) is 37.3. The van der Waals surface area contributed by atoms with Gasteiger partial charge in [0.15, 0.2) is 6.10 Å². The van der Waals surface area contributed by atoms with Crippen LogP contribution in [0.25, 0.3) is 0 Å². The minimum absolute atomic E-state index is 0.984. The molecular weight excluding hydrogens is 353 g/mol. The number of carbonyl (C=O) groups is 2. The summed E-state index contributed by atoms with van der Waals surface area (Å²) in [4.78, 5) is 21.5. The van der Waals surface area contributed by atoms with E-state index in [4.69, 9.17) is 5.11 Å². The Morgan fingerprint density at radius 3 is 2.24 bits per heavy atom. The fraction of sp³-hybridized carbons (Fsp3) is 0.714. The number of carboxylic acid groups (broad SMARTS) is 1. The molecule has 9 nitrogen and oxygen atoms in total. The minimum atomic E-state index is -1.81. The number of aliphatic carboxylic acids is 1. The first-order chi connectivity index (χ1) is 7.88. The lowest BCUT2D eigenvalue weighted by molar-refractivity contribution is -0.277. The number of ether oxygens (including phenoxy) is 2. The van der Waals surface area contributed by atoms with Crippen LogP contribution in [0.5, 0.6) is 0 Å². The summed E-state index contributed by atoms with van der Waals surface area (Å²) >= 11 is 1.45. The Kier molecular flexibility index (Phi) is 4.88. The first-order valence-corrected chi connectivity index (χ1v) is 5.46. The zero-order valence-electron chi connectivity index (χ0n) is 8.19. The van der Waals surface area contributed by atoms with E-state index >= 15 is 0 Å². The van der Waals surface area contributed by atoms with Crippen LogP contribution in [-0.2, 0) is 14.3 Å². The maximum absolute atomic E-state index is 10.9. The number of halogens is 1. The Morgan fingerprint density at radius 2 is 1.76 bits per heavy atom. The molecular formula is C7H10INO8. The Bertz CT molecular complexity index is 312. The molecule has 0 bridgehead atoms. The van der Waals surface area contributed by atoms with Crippen molar-refractivity contribution in [2.75, 3.05) is 0 Å². The van der Waals surface area contributed by atoms with Gasteiger partial charge in [-0.2, -0.15) is 0 Å². The standard InChI is InChI=1S/C7H10INO8/c8-9-7(15)17-6-3(12)1(10)2(11)4(16-6)5(13)14/h1-4,6,10-12H,(H,9,15)(H,13,14)/t1-,2-,3+,4-,6-/m0/s1. The van der Waals surface area contributed by atoms with Crippen LogP contribution in [0, 0.1) is 0 Å². The number of hydrogen-bond donors (Lipinski definition) is 5. The minimum Gasteiger partial charge on any atom is -0.479 e. The van der Waals surface area contributed by atoms with Gasteiger partial charge in [-0.15, -0.1) is 0 Å². The van der Waals surface area contributed by atoms with Crippen LogP contribution in [-0.4, -0.2) is 63.2 Å². The van der Waals surface area contributed by atoms with Crippen molar-refractivity contribution in [2.45, 2.75) is 30.7 Å². The maximum Gasteiger partial charge on any atom is 0.418 e. The summed E-state index contributed by atoms with van der Waals surface area (Å²) in [5.74, 6) is -1.55. The molecule has 10 heteroatoms. The zero-order valence-corrected chi connectivity index (χ0v) is 10.3. The second-order valence-electron chi connectivity index (χ2n) is 3.23. The van der Waals surface area contributed by atoms with Crippen LogP contribution in [0.3, 0.4) is 0 Å². The highest BCUT2D eigenvalue weighted by Crippen LogP contribution is 2.22. The van der Waals surface area contributed by atoms with Crippen LogP contribution in [0.4, 0.5) is 4.79 Å². The number of carbonyl (C=O) groups excluding carboxylic acids is 1. The van der Waals surface area contributed by atoms with Gasteiger partial charge >= 0.3 is 12.1 Å². The van der Waals surface area contributed by atoms with E-state index in [2.05, 4.69) is 9.47 Å². The van der Waals surface area contributed by atoms with Gasteiger partial charge in [-0.25, -0.2) is 9.59 Å². The van der Waals surface area contributed by atoms with Gasteiger partial charge in [-0.05, 0) is 0 Å². The highest BCUT2D eigenvalue weighted by molar-refractivity contribution is 14.1. The second-order valence-corrected chi connectivity index (χ2v) is 3.77. The summed E-state index contributed by atoms with van der Waals surface area (Å²) in [7, 11) is 0. The Labute approximate surface area is 109 Å². The Balaban J connectivity index is 2.78. The molecule has 0 saturated carbocycles. The van der Waals surface area contributed by atoms with Crippen LogP contribution in [0.1, 0.15) is 0 Å². The fourth-order valence-corrected chi connectivity index (χ4v) is 1.40. The van der Waals surface area contributed by atoms with Crippen molar-refractivity contribution < 1.29 is 39.5 Å². The molecule has 0 unspecified atom stereocenters. The lowest BCUT2D eigenvalue weighted by atomic mass is 9.99. The van der Waals surface area contributed by atoms with E-state index in [1.165, 1.54) is 22.9 Å². The van der Waals surface area contributed by atoms with Crippen LogP contribution in [0.2, 0.25) is 0 Å². The van der Waals surface area contributed by atoms with Gasteiger partial charge in [-0.1, -0.05) is 0 Å². The highest BCUT2D eigenvalue weighted by Gasteiger charge is 2.48. The molecule has 0 aromatic heterocycles. The molecule has 1 heterocycles. The van der Waals surface area contributed by atoms with Gasteiger partial charge in [0.25, 0.3) is 0 Å². The van der Waals surface area contributed by atoms with Crippen molar-refractivity contribution in [3.8, 4) is 0 Å². The molecule has 1 aliphatic heterocycles. The predicted molar refractivity (Wildman–Crippen MR) is 58.0 cm³/mol. The quantitative estimate of drug-likeness (QED) is 0.279. The summed E-state index contributed by atoms with van der Waals surface area (Å²) < 4.78 is 11.2. The summed E-state index contributed by atoms with van der Waals surface area (Å²) in [6.45, 7) is 0. The Hall–Kier alpha value is -0.690. The average molecular weight is 363 g/mol. The molecule has 0 spiro atoms. The van der Waals surface area contributed by atoms with Crippen LogP contribution in [0.15, 0.2) is 0 Å². The number of rotatable bonds is 2. The molecule has 0 aromatic carbocycles. The SMILES string of the molecule is O=C(NI)O[C@@H]1O[C@H](C(=O)O)[C@@H](O)[C@H](O)[C@H]1O. The number of aliphatic hydroxyl groups is 3. The third kappa shape index (κ3) is 3.16. The second kappa shape index (κ2) is 5.77.